The van der Waals surface area contributed by atoms with Crippen LogP contribution in [0.1, 0.15) is 39.5 Å². The molecule has 3 heterocycles. The van der Waals surface area contributed by atoms with Gasteiger partial charge in [0.25, 0.3) is 11.5 Å². The maximum absolute atomic E-state index is 15.5. The van der Waals surface area contributed by atoms with Gasteiger partial charge in [0, 0.05) is 67.4 Å². The summed E-state index contributed by atoms with van der Waals surface area (Å²) in [6.07, 6.45) is 2.35. The number of aliphatic hydroxyl groups is 1. The van der Waals surface area contributed by atoms with E-state index in [9.17, 15) is 19.5 Å². The SMILES string of the molecule is COc1nc(-c2ccc(F)c(-c3c(F)ccc(NC(=O)c4cn(C)c(=O)n(C)c4=O)c3C)c2Cl)cc2c1C(N1CC(O)C1)CC2. The number of pyridine rings is 1. The molecule has 2 aromatic carbocycles. The molecular weight excluding hydrogens is 608 g/mol. The summed E-state index contributed by atoms with van der Waals surface area (Å²) in [5.74, 6) is -1.98. The predicted molar refractivity (Wildman–Crippen MR) is 165 cm³/mol. The van der Waals surface area contributed by atoms with Crippen LogP contribution in [0.4, 0.5) is 14.5 Å². The molecule has 1 unspecified atom stereocenters. The number of benzene rings is 2. The lowest BCUT2D eigenvalue weighted by molar-refractivity contribution is -0.0256. The minimum Gasteiger partial charge on any atom is -0.481 e. The number of nitrogens with one attached hydrogen (secondary N) is 1. The Morgan fingerprint density at radius 1 is 1.11 bits per heavy atom. The zero-order chi connectivity index (χ0) is 32.3. The highest BCUT2D eigenvalue weighted by Crippen LogP contribution is 2.46. The summed E-state index contributed by atoms with van der Waals surface area (Å²) in [4.78, 5) is 44.6. The van der Waals surface area contributed by atoms with Gasteiger partial charge in [0.15, 0.2) is 0 Å². The van der Waals surface area contributed by atoms with Crippen LogP contribution in [0.2, 0.25) is 5.02 Å². The molecule has 1 fully saturated rings. The predicted octanol–water partition coefficient (Wildman–Crippen LogP) is 3.98. The standard InChI is InChI=1S/C32H30ClF2N5O5/c1-15-22(36-29(42)19-14-38(2)32(44)39(3)31(19)43)9-8-20(34)25(15)27-21(35)7-6-18(28(27)33)23-11-16-5-10-24(40-12-17(41)13-40)26(16)30(37-23)45-4/h6-9,11,14,17,24,41H,5,10,12-13H2,1-4H3,(H,36,42). The Balaban J connectivity index is 1.40. The minimum absolute atomic E-state index is 0.0646. The number of ether oxygens (including phenoxy) is 1. The Bertz CT molecular complexity index is 2000. The summed E-state index contributed by atoms with van der Waals surface area (Å²) in [6.45, 7) is 2.65. The fraction of sp³-hybridized carbons (Fsp3) is 0.312. The summed E-state index contributed by atoms with van der Waals surface area (Å²) in [7, 11) is 4.18. The van der Waals surface area contributed by atoms with E-state index in [4.69, 9.17) is 21.3 Å². The van der Waals surface area contributed by atoms with Crippen molar-refractivity contribution >= 4 is 23.2 Å². The number of anilines is 1. The first-order chi connectivity index (χ1) is 21.4. The second kappa shape index (κ2) is 11.5. The molecule has 1 amide bonds. The zero-order valence-electron chi connectivity index (χ0n) is 25.0. The van der Waals surface area contributed by atoms with Crippen LogP contribution in [-0.2, 0) is 20.5 Å². The van der Waals surface area contributed by atoms with Gasteiger partial charge in [0.2, 0.25) is 5.88 Å². The minimum atomic E-state index is -0.826. The van der Waals surface area contributed by atoms with Crippen molar-refractivity contribution in [2.45, 2.75) is 31.9 Å². The molecule has 0 radical (unpaired) electrons. The average Bonchev–Trinajstić information content (AvgIpc) is 3.42. The van der Waals surface area contributed by atoms with Crippen LogP contribution < -0.4 is 21.3 Å². The molecule has 10 nitrogen and oxygen atoms in total. The van der Waals surface area contributed by atoms with E-state index < -0.39 is 28.8 Å². The third-order valence-corrected chi connectivity index (χ3v) is 9.02. The van der Waals surface area contributed by atoms with Gasteiger partial charge in [0.1, 0.15) is 17.2 Å². The number of aliphatic hydroxyl groups excluding tert-OH is 1. The van der Waals surface area contributed by atoms with Crippen molar-refractivity contribution in [3.63, 3.8) is 0 Å². The van der Waals surface area contributed by atoms with E-state index in [2.05, 4.69) is 10.2 Å². The number of β-amino-alcohol motifs (C(OH)–C–C–N with tert-alkyl or cyclic N) is 1. The first-order valence-corrected chi connectivity index (χ1v) is 14.6. The first kappa shape index (κ1) is 30.6. The lowest BCUT2D eigenvalue weighted by atomic mass is 9.94. The molecule has 2 N–H and O–H groups in total. The van der Waals surface area contributed by atoms with Gasteiger partial charge < -0.3 is 19.7 Å². The Hall–Kier alpha value is -4.39. The number of hydrogen-bond donors (Lipinski definition) is 2. The van der Waals surface area contributed by atoms with Gasteiger partial charge in [-0.1, -0.05) is 11.6 Å². The Kier molecular flexibility index (Phi) is 7.84. The number of aryl methyl sites for hydroxylation is 2. The number of likely N-dealkylation sites (tertiary alicyclic amines) is 1. The number of methoxy groups -OCH3 is 1. The quantitative estimate of drug-likeness (QED) is 0.328. The number of aromatic nitrogens is 3. The molecule has 234 valence electrons. The zero-order valence-corrected chi connectivity index (χ0v) is 25.7. The highest BCUT2D eigenvalue weighted by atomic mass is 35.5. The fourth-order valence-corrected chi connectivity index (χ4v) is 6.58. The number of fused-ring (bicyclic) bond motifs is 1. The molecule has 6 rings (SSSR count). The molecule has 2 aliphatic rings. The number of amides is 1. The van der Waals surface area contributed by atoms with E-state index in [1.165, 1.54) is 46.3 Å². The second-order valence-electron chi connectivity index (χ2n) is 11.4. The van der Waals surface area contributed by atoms with E-state index in [1.54, 1.807) is 0 Å². The van der Waals surface area contributed by atoms with Gasteiger partial charge >= 0.3 is 5.69 Å². The van der Waals surface area contributed by atoms with Gasteiger partial charge in [-0.3, -0.25) is 19.1 Å². The Morgan fingerprint density at radius 2 is 1.80 bits per heavy atom. The van der Waals surface area contributed by atoms with Crippen LogP contribution in [0.15, 0.2) is 46.1 Å². The summed E-state index contributed by atoms with van der Waals surface area (Å²) >= 11 is 6.84. The molecule has 1 saturated heterocycles. The summed E-state index contributed by atoms with van der Waals surface area (Å²) in [5, 5.41) is 12.3. The maximum Gasteiger partial charge on any atom is 0.330 e. The number of rotatable bonds is 6. The van der Waals surface area contributed by atoms with Crippen LogP contribution in [0.25, 0.3) is 22.4 Å². The molecular formula is C32H30ClF2N5O5. The molecule has 0 spiro atoms. The molecule has 1 aliphatic heterocycles. The highest BCUT2D eigenvalue weighted by molar-refractivity contribution is 6.36. The van der Waals surface area contributed by atoms with Crippen molar-refractivity contribution in [3.8, 4) is 28.3 Å². The van der Waals surface area contributed by atoms with Crippen molar-refractivity contribution in [2.75, 3.05) is 25.5 Å². The number of halogens is 3. The highest BCUT2D eigenvalue weighted by Gasteiger charge is 2.38. The monoisotopic (exact) mass is 637 g/mol. The van der Waals surface area contributed by atoms with Gasteiger partial charge in [-0.15, -0.1) is 0 Å². The van der Waals surface area contributed by atoms with E-state index in [1.807, 2.05) is 6.07 Å². The Labute approximate surface area is 261 Å². The summed E-state index contributed by atoms with van der Waals surface area (Å²) in [6, 6.07) is 6.97. The summed E-state index contributed by atoms with van der Waals surface area (Å²) < 4.78 is 38.6. The third kappa shape index (κ3) is 5.12. The van der Waals surface area contributed by atoms with Crippen molar-refractivity contribution in [3.05, 3.63) is 96.3 Å². The second-order valence-corrected chi connectivity index (χ2v) is 11.8. The smallest absolute Gasteiger partial charge is 0.330 e. The topological polar surface area (TPSA) is 119 Å². The summed E-state index contributed by atoms with van der Waals surface area (Å²) in [5.41, 5.74) is 0.925. The van der Waals surface area contributed by atoms with Gasteiger partial charge in [-0.05, 0) is 61.2 Å². The van der Waals surface area contributed by atoms with Gasteiger partial charge in [0.05, 0.1) is 23.9 Å². The van der Waals surface area contributed by atoms with Crippen molar-refractivity contribution in [2.24, 2.45) is 14.1 Å². The molecule has 0 bridgehead atoms. The van der Waals surface area contributed by atoms with Crippen molar-refractivity contribution < 1.29 is 23.4 Å². The number of carbonyl (C=O) groups is 1. The number of nitrogens with zero attached hydrogens (tertiary/aromatic N) is 4. The third-order valence-electron chi connectivity index (χ3n) is 8.62. The normalized spacial score (nSPS) is 16.4. The van der Waals surface area contributed by atoms with Crippen LogP contribution in [0.3, 0.4) is 0 Å². The van der Waals surface area contributed by atoms with Gasteiger partial charge in [-0.25, -0.2) is 18.6 Å². The maximum atomic E-state index is 15.5. The lowest BCUT2D eigenvalue weighted by Crippen LogP contribution is -2.51. The van der Waals surface area contributed by atoms with E-state index in [0.29, 0.717) is 30.2 Å². The molecule has 0 saturated carbocycles. The molecule has 4 aromatic rings. The molecule has 1 atom stereocenters. The molecule has 1 aliphatic carbocycles. The fourth-order valence-electron chi connectivity index (χ4n) is 6.24. The van der Waals surface area contributed by atoms with Crippen molar-refractivity contribution in [1.82, 2.24) is 19.0 Å². The van der Waals surface area contributed by atoms with Crippen LogP contribution >= 0.6 is 11.6 Å². The molecule has 13 heteroatoms. The Morgan fingerprint density at radius 3 is 2.49 bits per heavy atom. The molecule has 45 heavy (non-hydrogen) atoms. The number of carbonyl (C=O) groups excluding carboxylic acids is 1. The first-order valence-electron chi connectivity index (χ1n) is 14.3. The largest absolute Gasteiger partial charge is 0.481 e. The molecule has 2 aromatic heterocycles. The van der Waals surface area contributed by atoms with Crippen LogP contribution in [0.5, 0.6) is 5.88 Å². The lowest BCUT2D eigenvalue weighted by Gasteiger charge is -2.40. The van der Waals surface area contributed by atoms with Crippen LogP contribution in [0, 0.1) is 18.6 Å². The van der Waals surface area contributed by atoms with Crippen molar-refractivity contribution in [1.29, 1.82) is 0 Å². The van der Waals surface area contributed by atoms with Gasteiger partial charge in [-0.2, -0.15) is 0 Å². The van der Waals surface area contributed by atoms with Crippen LogP contribution in [-0.4, -0.2) is 56.3 Å². The number of hydrogen-bond acceptors (Lipinski definition) is 7. The average molecular weight is 638 g/mol. The van der Waals surface area contributed by atoms with E-state index >= 15 is 8.78 Å². The van der Waals surface area contributed by atoms with E-state index in [-0.39, 0.29) is 45.1 Å². The van der Waals surface area contributed by atoms with E-state index in [0.717, 1.165) is 45.4 Å².